The van der Waals surface area contributed by atoms with Gasteiger partial charge in [-0.2, -0.15) is 0 Å². The highest BCUT2D eigenvalue weighted by atomic mass is 35.5. The number of hydrogen-bond acceptors (Lipinski definition) is 4. The summed E-state index contributed by atoms with van der Waals surface area (Å²) in [6.07, 6.45) is 0.899. The minimum absolute atomic E-state index is 0.0355. The van der Waals surface area contributed by atoms with Gasteiger partial charge in [0.05, 0.1) is 27.0 Å². The summed E-state index contributed by atoms with van der Waals surface area (Å²) >= 11 is 18.2. The van der Waals surface area contributed by atoms with Crippen LogP contribution in [0.15, 0.2) is 36.4 Å². The zero-order valence-corrected chi connectivity index (χ0v) is 23.0. The molecule has 35 heavy (non-hydrogen) atoms. The summed E-state index contributed by atoms with van der Waals surface area (Å²) < 4.78 is 40.4. The number of nitrogens with one attached hydrogen (secondary N) is 1. The number of halogens is 4. The van der Waals surface area contributed by atoms with E-state index in [0.717, 1.165) is 15.5 Å². The van der Waals surface area contributed by atoms with E-state index in [-0.39, 0.29) is 32.9 Å². The highest BCUT2D eigenvalue weighted by Gasteiger charge is 2.32. The van der Waals surface area contributed by atoms with E-state index in [1.165, 1.54) is 37.3 Å². The van der Waals surface area contributed by atoms with Crippen molar-refractivity contribution in [2.45, 2.75) is 45.8 Å². The Bertz CT molecular complexity index is 1220. The van der Waals surface area contributed by atoms with E-state index in [0.29, 0.717) is 0 Å². The van der Waals surface area contributed by atoms with Gasteiger partial charge in [-0.1, -0.05) is 53.0 Å². The van der Waals surface area contributed by atoms with Crippen LogP contribution in [0.25, 0.3) is 0 Å². The van der Waals surface area contributed by atoms with E-state index in [9.17, 15) is 22.4 Å². The summed E-state index contributed by atoms with van der Waals surface area (Å²) in [7, 11) is -4.03. The Hall–Kier alpha value is -2.07. The van der Waals surface area contributed by atoms with Crippen molar-refractivity contribution in [3.05, 3.63) is 62.8 Å². The summed E-state index contributed by atoms with van der Waals surface area (Å²) in [5, 5.41) is 2.88. The molecule has 2 rings (SSSR count). The van der Waals surface area contributed by atoms with Crippen LogP contribution in [-0.4, -0.2) is 49.5 Å². The van der Waals surface area contributed by atoms with Crippen LogP contribution in [0.1, 0.15) is 33.3 Å². The second-order valence-electron chi connectivity index (χ2n) is 9.02. The fourth-order valence-corrected chi connectivity index (χ4v) is 4.71. The maximum Gasteiger partial charge on any atom is 0.244 e. The van der Waals surface area contributed by atoms with Crippen molar-refractivity contribution in [2.75, 3.05) is 17.1 Å². The van der Waals surface area contributed by atoms with Gasteiger partial charge in [-0.05, 0) is 45.9 Å². The lowest BCUT2D eigenvalue weighted by molar-refractivity contribution is -0.140. The first kappa shape index (κ1) is 29.2. The summed E-state index contributed by atoms with van der Waals surface area (Å²) in [5.74, 6) is -1.81. The van der Waals surface area contributed by atoms with Crippen LogP contribution in [0.5, 0.6) is 0 Å². The van der Waals surface area contributed by atoms with Crippen LogP contribution in [0.2, 0.25) is 15.1 Å². The van der Waals surface area contributed by atoms with Gasteiger partial charge in [0.25, 0.3) is 0 Å². The molecule has 0 saturated heterocycles. The molecule has 0 heterocycles. The maximum absolute atomic E-state index is 14.4. The topological polar surface area (TPSA) is 86.8 Å². The number of rotatable bonds is 8. The molecule has 7 nitrogen and oxygen atoms in total. The molecule has 2 aromatic carbocycles. The third kappa shape index (κ3) is 7.96. The van der Waals surface area contributed by atoms with Gasteiger partial charge in [-0.25, -0.2) is 12.8 Å². The smallest absolute Gasteiger partial charge is 0.244 e. The molecule has 0 fully saturated rings. The predicted octanol–water partition coefficient (Wildman–Crippen LogP) is 4.88. The first-order valence-electron chi connectivity index (χ1n) is 10.5. The summed E-state index contributed by atoms with van der Waals surface area (Å²) in [5.41, 5.74) is -0.492. The lowest BCUT2D eigenvalue weighted by Crippen LogP contribution is -2.54. The van der Waals surface area contributed by atoms with Crippen molar-refractivity contribution in [2.24, 2.45) is 0 Å². The maximum atomic E-state index is 14.4. The Balaban J connectivity index is 2.49. The molecule has 0 aromatic heterocycles. The summed E-state index contributed by atoms with van der Waals surface area (Å²) in [6.45, 7) is 5.83. The highest BCUT2D eigenvalue weighted by molar-refractivity contribution is 7.92. The van der Waals surface area contributed by atoms with Crippen molar-refractivity contribution in [3.63, 3.8) is 0 Å². The van der Waals surface area contributed by atoms with Gasteiger partial charge < -0.3 is 10.2 Å². The van der Waals surface area contributed by atoms with Gasteiger partial charge in [0.15, 0.2) is 0 Å². The molecule has 0 spiro atoms. The third-order valence-electron chi connectivity index (χ3n) is 4.90. The van der Waals surface area contributed by atoms with Crippen LogP contribution in [-0.2, 0) is 26.2 Å². The van der Waals surface area contributed by atoms with Crippen molar-refractivity contribution in [3.8, 4) is 0 Å². The first-order valence-corrected chi connectivity index (χ1v) is 13.5. The lowest BCUT2D eigenvalue weighted by Gasteiger charge is -2.33. The standard InChI is InChI=1S/C23H27Cl3FN3O4S/c1-14(22(32)28-23(2,3)4)29(12-15-8-6-7-9-19(15)27)21(31)13-30(35(5,33)34)20-11-17(25)16(24)10-18(20)26/h6-11,14H,12-13H2,1-5H3,(H,28,32)/t14-/m1/s1. The number of carbonyl (C=O) groups is 2. The number of sulfonamides is 1. The fourth-order valence-electron chi connectivity index (χ4n) is 3.16. The zero-order chi connectivity index (χ0) is 26.7. The van der Waals surface area contributed by atoms with Gasteiger partial charge in [0.2, 0.25) is 21.8 Å². The molecular formula is C23H27Cl3FN3O4S. The summed E-state index contributed by atoms with van der Waals surface area (Å²) in [6, 6.07) is 7.26. The molecule has 0 aliphatic carbocycles. The molecule has 192 valence electrons. The average molecular weight is 567 g/mol. The van der Waals surface area contributed by atoms with Crippen LogP contribution in [0.4, 0.5) is 10.1 Å². The normalized spacial score (nSPS) is 12.7. The first-order chi connectivity index (χ1) is 16.0. The molecule has 0 bridgehead atoms. The van der Waals surface area contributed by atoms with E-state index in [1.807, 2.05) is 0 Å². The molecule has 1 N–H and O–H groups in total. The fraction of sp³-hybridized carbons (Fsp3) is 0.391. The van der Waals surface area contributed by atoms with Gasteiger partial charge in [-0.3, -0.25) is 13.9 Å². The molecule has 1 atom stereocenters. The van der Waals surface area contributed by atoms with Gasteiger partial charge in [-0.15, -0.1) is 0 Å². The highest BCUT2D eigenvalue weighted by Crippen LogP contribution is 2.35. The Labute approximate surface area is 220 Å². The number of hydrogen-bond donors (Lipinski definition) is 1. The Kier molecular flexibility index (Phi) is 9.44. The van der Waals surface area contributed by atoms with Crippen LogP contribution < -0.4 is 9.62 Å². The molecular weight excluding hydrogens is 540 g/mol. The van der Waals surface area contributed by atoms with Gasteiger partial charge in [0, 0.05) is 17.6 Å². The number of carbonyl (C=O) groups excluding carboxylic acids is 2. The number of nitrogens with zero attached hydrogens (tertiary/aromatic N) is 2. The number of benzene rings is 2. The number of anilines is 1. The minimum atomic E-state index is -4.03. The van der Waals surface area contributed by atoms with Crippen molar-refractivity contribution in [1.82, 2.24) is 10.2 Å². The molecule has 0 radical (unpaired) electrons. The van der Waals surface area contributed by atoms with E-state index in [4.69, 9.17) is 34.8 Å². The summed E-state index contributed by atoms with van der Waals surface area (Å²) in [4.78, 5) is 27.5. The minimum Gasteiger partial charge on any atom is -0.350 e. The van der Waals surface area contributed by atoms with Crippen molar-refractivity contribution >= 4 is 62.3 Å². The van der Waals surface area contributed by atoms with Crippen molar-refractivity contribution in [1.29, 1.82) is 0 Å². The molecule has 0 saturated carbocycles. The molecule has 0 unspecified atom stereocenters. The molecule has 0 aliphatic heterocycles. The SMILES string of the molecule is C[C@H](C(=O)NC(C)(C)C)N(Cc1ccccc1F)C(=O)CN(c1cc(Cl)c(Cl)cc1Cl)S(C)(=O)=O. The quantitative estimate of drug-likeness (QED) is 0.461. The Morgan fingerprint density at radius 3 is 2.17 bits per heavy atom. The Morgan fingerprint density at radius 2 is 1.63 bits per heavy atom. The largest absolute Gasteiger partial charge is 0.350 e. The third-order valence-corrected chi connectivity index (χ3v) is 7.05. The van der Waals surface area contributed by atoms with Crippen molar-refractivity contribution < 1.29 is 22.4 Å². The van der Waals surface area contributed by atoms with E-state index in [1.54, 1.807) is 26.8 Å². The van der Waals surface area contributed by atoms with E-state index in [2.05, 4.69) is 5.32 Å². The van der Waals surface area contributed by atoms with Gasteiger partial charge in [0.1, 0.15) is 18.4 Å². The van der Waals surface area contributed by atoms with Crippen LogP contribution in [0, 0.1) is 5.82 Å². The lowest BCUT2D eigenvalue weighted by atomic mass is 10.1. The Morgan fingerprint density at radius 1 is 1.06 bits per heavy atom. The molecule has 2 amide bonds. The molecule has 0 aliphatic rings. The second-order valence-corrected chi connectivity index (χ2v) is 12.1. The van der Waals surface area contributed by atoms with E-state index < -0.39 is 45.8 Å². The van der Waals surface area contributed by atoms with Crippen LogP contribution in [0.3, 0.4) is 0 Å². The average Bonchev–Trinajstić information content (AvgIpc) is 2.71. The van der Waals surface area contributed by atoms with E-state index >= 15 is 0 Å². The number of amides is 2. The predicted molar refractivity (Wildman–Crippen MR) is 138 cm³/mol. The van der Waals surface area contributed by atoms with Crippen LogP contribution >= 0.6 is 34.8 Å². The molecule has 2 aromatic rings. The monoisotopic (exact) mass is 565 g/mol. The zero-order valence-electron chi connectivity index (χ0n) is 19.9. The molecule has 12 heteroatoms. The van der Waals surface area contributed by atoms with Gasteiger partial charge >= 0.3 is 0 Å². The second kappa shape index (κ2) is 11.3.